The minimum absolute atomic E-state index is 0.0484. The number of benzene rings is 2. The van der Waals surface area contributed by atoms with Crippen LogP contribution in [0.5, 0.6) is 11.5 Å². The van der Waals surface area contributed by atoms with Crippen LogP contribution in [0.3, 0.4) is 0 Å². The summed E-state index contributed by atoms with van der Waals surface area (Å²) in [6.07, 6.45) is 0.193. The van der Waals surface area contributed by atoms with Gasteiger partial charge in [-0.2, -0.15) is 0 Å². The second kappa shape index (κ2) is 9.25. The van der Waals surface area contributed by atoms with Gasteiger partial charge in [-0.3, -0.25) is 4.79 Å². The van der Waals surface area contributed by atoms with Gasteiger partial charge < -0.3 is 19.3 Å². The third-order valence-electron chi connectivity index (χ3n) is 4.40. The summed E-state index contributed by atoms with van der Waals surface area (Å²) >= 11 is 0. The second-order valence-corrected chi connectivity index (χ2v) is 6.05. The molecule has 0 aliphatic heterocycles. The summed E-state index contributed by atoms with van der Waals surface area (Å²) in [7, 11) is 3.18. The van der Waals surface area contributed by atoms with Crippen LogP contribution in [-0.2, 0) is 16.1 Å². The van der Waals surface area contributed by atoms with Gasteiger partial charge in [0.15, 0.2) is 0 Å². The highest BCUT2D eigenvalue weighted by Gasteiger charge is 2.21. The Morgan fingerprint density at radius 1 is 1.04 bits per heavy atom. The van der Waals surface area contributed by atoms with Crippen molar-refractivity contribution >= 4 is 5.97 Å². The maximum Gasteiger partial charge on any atom is 0.306 e. The highest BCUT2D eigenvalue weighted by Crippen LogP contribution is 2.34. The molecule has 0 aliphatic carbocycles. The van der Waals surface area contributed by atoms with Crippen molar-refractivity contribution < 1.29 is 24.1 Å². The Morgan fingerprint density at radius 2 is 1.69 bits per heavy atom. The van der Waals surface area contributed by atoms with Crippen molar-refractivity contribution in [3.63, 3.8) is 0 Å². The van der Waals surface area contributed by atoms with E-state index >= 15 is 0 Å². The molecule has 1 atom stereocenters. The Kier molecular flexibility index (Phi) is 7.04. The van der Waals surface area contributed by atoms with Crippen molar-refractivity contribution in [2.24, 2.45) is 0 Å². The molecule has 5 nitrogen and oxygen atoms in total. The van der Waals surface area contributed by atoms with Crippen LogP contribution in [0.15, 0.2) is 36.4 Å². The summed E-state index contributed by atoms with van der Waals surface area (Å²) < 4.78 is 15.9. The number of aryl methyl sites for hydroxylation is 1. The normalized spacial score (nSPS) is 11.7. The van der Waals surface area contributed by atoms with Crippen molar-refractivity contribution in [2.75, 3.05) is 20.8 Å². The molecule has 1 N–H and O–H groups in total. The van der Waals surface area contributed by atoms with E-state index in [4.69, 9.17) is 14.2 Å². The van der Waals surface area contributed by atoms with Gasteiger partial charge in [0.25, 0.3) is 0 Å². The maximum atomic E-state index is 12.2. The van der Waals surface area contributed by atoms with Gasteiger partial charge in [-0.05, 0) is 48.2 Å². The van der Waals surface area contributed by atoms with Gasteiger partial charge in [0.2, 0.25) is 0 Å². The molecular weight excluding hydrogens is 332 g/mol. The van der Waals surface area contributed by atoms with Crippen LogP contribution in [0.25, 0.3) is 0 Å². The Hall–Kier alpha value is -2.53. The summed E-state index contributed by atoms with van der Waals surface area (Å²) in [5, 5.41) is 9.59. The molecule has 0 amide bonds. The number of carbonyl (C=O) groups is 1. The van der Waals surface area contributed by atoms with E-state index in [1.54, 1.807) is 27.2 Å². The lowest BCUT2D eigenvalue weighted by Crippen LogP contribution is -2.12. The second-order valence-electron chi connectivity index (χ2n) is 6.05. The van der Waals surface area contributed by atoms with Crippen LogP contribution in [0.2, 0.25) is 0 Å². The Balaban J connectivity index is 2.52. The molecule has 2 aromatic carbocycles. The summed E-state index contributed by atoms with van der Waals surface area (Å²) in [6, 6.07) is 11.4. The number of carbonyl (C=O) groups excluding carboxylic acids is 1. The first kappa shape index (κ1) is 19.8. The monoisotopic (exact) mass is 358 g/mol. The summed E-state index contributed by atoms with van der Waals surface area (Å²) in [5.41, 5.74) is 3.67. The van der Waals surface area contributed by atoms with E-state index in [1.807, 2.05) is 37.3 Å². The molecule has 0 aliphatic rings. The molecule has 0 aromatic heterocycles. The zero-order chi connectivity index (χ0) is 19.1. The predicted molar refractivity (Wildman–Crippen MR) is 99.7 cm³/mol. The molecule has 2 rings (SSSR count). The van der Waals surface area contributed by atoms with Crippen molar-refractivity contribution in [3.05, 3.63) is 58.7 Å². The molecule has 0 radical (unpaired) electrons. The molecule has 0 spiro atoms. The largest absolute Gasteiger partial charge is 0.497 e. The lowest BCUT2D eigenvalue weighted by atomic mass is 9.86. The van der Waals surface area contributed by atoms with Crippen molar-refractivity contribution in [2.45, 2.75) is 32.8 Å². The summed E-state index contributed by atoms with van der Waals surface area (Å²) in [4.78, 5) is 12.2. The number of aliphatic hydroxyl groups is 1. The van der Waals surface area contributed by atoms with Crippen molar-refractivity contribution in [3.8, 4) is 11.5 Å². The Labute approximate surface area is 154 Å². The standard InChI is InChI=1S/C21H26O5/c1-5-26-21(23)12-20(15-7-6-14(2)17(8-15)13-22)16-9-18(24-3)11-19(10-16)25-4/h6-11,20,22H,5,12-13H2,1-4H3. The topological polar surface area (TPSA) is 65.0 Å². The van der Waals surface area contributed by atoms with Crippen molar-refractivity contribution in [1.29, 1.82) is 0 Å². The molecule has 1 unspecified atom stereocenters. The number of esters is 1. The third-order valence-corrected chi connectivity index (χ3v) is 4.40. The van der Waals surface area contributed by atoms with Crippen LogP contribution in [0.1, 0.15) is 41.5 Å². The quantitative estimate of drug-likeness (QED) is 0.731. The molecule has 5 heteroatoms. The van der Waals surface area contributed by atoms with Crippen LogP contribution < -0.4 is 9.47 Å². The summed E-state index contributed by atoms with van der Waals surface area (Å²) in [6.45, 7) is 4.03. The highest BCUT2D eigenvalue weighted by atomic mass is 16.5. The van der Waals surface area contributed by atoms with Gasteiger partial charge >= 0.3 is 5.97 Å². The van der Waals surface area contributed by atoms with Crippen LogP contribution >= 0.6 is 0 Å². The zero-order valence-electron chi connectivity index (χ0n) is 15.7. The van der Waals surface area contributed by atoms with E-state index in [0.717, 1.165) is 22.3 Å². The molecule has 0 saturated carbocycles. The number of aliphatic hydroxyl groups excluding tert-OH is 1. The van der Waals surface area contributed by atoms with Gasteiger partial charge in [0.05, 0.1) is 33.9 Å². The molecular formula is C21H26O5. The highest BCUT2D eigenvalue weighted by molar-refractivity contribution is 5.71. The van der Waals surface area contributed by atoms with E-state index in [2.05, 4.69) is 0 Å². The average molecular weight is 358 g/mol. The minimum atomic E-state index is -0.273. The number of rotatable bonds is 8. The first-order valence-corrected chi connectivity index (χ1v) is 8.61. The van der Waals surface area contributed by atoms with E-state index in [0.29, 0.717) is 18.1 Å². The van der Waals surface area contributed by atoms with Gasteiger partial charge in [-0.25, -0.2) is 0 Å². The van der Waals surface area contributed by atoms with E-state index in [9.17, 15) is 9.90 Å². The number of hydrogen-bond acceptors (Lipinski definition) is 5. The molecule has 0 fully saturated rings. The summed E-state index contributed by atoms with van der Waals surface area (Å²) in [5.74, 6) is 0.805. The van der Waals surface area contributed by atoms with E-state index in [-0.39, 0.29) is 24.9 Å². The zero-order valence-corrected chi connectivity index (χ0v) is 15.7. The molecule has 0 heterocycles. The van der Waals surface area contributed by atoms with Crippen LogP contribution in [0, 0.1) is 6.92 Å². The van der Waals surface area contributed by atoms with Crippen LogP contribution in [0.4, 0.5) is 0 Å². The lowest BCUT2D eigenvalue weighted by molar-refractivity contribution is -0.143. The first-order chi connectivity index (χ1) is 12.5. The lowest BCUT2D eigenvalue weighted by Gasteiger charge is -2.20. The Morgan fingerprint density at radius 3 is 2.23 bits per heavy atom. The van der Waals surface area contributed by atoms with E-state index < -0.39 is 0 Å². The smallest absolute Gasteiger partial charge is 0.306 e. The number of methoxy groups -OCH3 is 2. The molecule has 0 saturated heterocycles. The van der Waals surface area contributed by atoms with Gasteiger partial charge in [0.1, 0.15) is 11.5 Å². The molecule has 26 heavy (non-hydrogen) atoms. The van der Waals surface area contributed by atoms with Gasteiger partial charge in [0, 0.05) is 12.0 Å². The molecule has 140 valence electrons. The molecule has 0 bridgehead atoms. The van der Waals surface area contributed by atoms with Gasteiger partial charge in [-0.1, -0.05) is 18.2 Å². The first-order valence-electron chi connectivity index (χ1n) is 8.61. The minimum Gasteiger partial charge on any atom is -0.497 e. The molecule has 2 aromatic rings. The average Bonchev–Trinajstić information content (AvgIpc) is 2.66. The fourth-order valence-corrected chi connectivity index (χ4v) is 2.92. The maximum absolute atomic E-state index is 12.2. The van der Waals surface area contributed by atoms with Crippen LogP contribution in [-0.4, -0.2) is 31.9 Å². The third kappa shape index (κ3) is 4.76. The fraction of sp³-hybridized carbons (Fsp3) is 0.381. The predicted octanol–water partition coefficient (Wildman–Crippen LogP) is 3.59. The SMILES string of the molecule is CCOC(=O)CC(c1cc(OC)cc(OC)c1)c1ccc(C)c(CO)c1. The Bertz CT molecular complexity index is 732. The number of ether oxygens (including phenoxy) is 3. The van der Waals surface area contributed by atoms with Gasteiger partial charge in [-0.15, -0.1) is 0 Å². The fourth-order valence-electron chi connectivity index (χ4n) is 2.92. The number of hydrogen-bond donors (Lipinski definition) is 1. The van der Waals surface area contributed by atoms with Crippen molar-refractivity contribution in [1.82, 2.24) is 0 Å². The van der Waals surface area contributed by atoms with E-state index in [1.165, 1.54) is 0 Å².